The zero-order valence-corrected chi connectivity index (χ0v) is 19.2. The molecule has 0 saturated heterocycles. The number of anilines is 2. The molecule has 2 N–H and O–H groups in total. The molecule has 0 bridgehead atoms. The van der Waals surface area contributed by atoms with E-state index in [0.717, 1.165) is 11.1 Å². The van der Waals surface area contributed by atoms with Gasteiger partial charge in [0.25, 0.3) is 5.91 Å². The van der Waals surface area contributed by atoms with Gasteiger partial charge in [-0.05, 0) is 29.3 Å². The number of aromatic nitrogens is 2. The van der Waals surface area contributed by atoms with Gasteiger partial charge < -0.3 is 4.90 Å². The van der Waals surface area contributed by atoms with Crippen molar-refractivity contribution in [1.82, 2.24) is 15.4 Å². The summed E-state index contributed by atoms with van der Waals surface area (Å²) in [5.74, 6) is -0.536. The Balaban J connectivity index is 1.65. The first-order valence-corrected chi connectivity index (χ1v) is 11.0. The van der Waals surface area contributed by atoms with E-state index in [0.29, 0.717) is 18.1 Å². The molecular weight excluding hydrogens is 468 g/mol. The Morgan fingerprint density at radius 2 is 1.54 bits per heavy atom. The maximum Gasteiger partial charge on any atom is 0.355 e. The summed E-state index contributed by atoms with van der Waals surface area (Å²) in [6, 6.07) is 25.5. The molecule has 0 atom stereocenters. The summed E-state index contributed by atoms with van der Waals surface area (Å²) in [7, 11) is 0. The third-order valence-corrected chi connectivity index (χ3v) is 5.33. The van der Waals surface area contributed by atoms with E-state index < -0.39 is 10.8 Å². The number of carbonyl (C=O) groups is 1. The van der Waals surface area contributed by atoms with E-state index in [1.165, 1.54) is 12.4 Å². The van der Waals surface area contributed by atoms with Gasteiger partial charge in [-0.2, -0.15) is 0 Å². The number of nitrogens with one attached hydrogen (secondary N) is 2. The van der Waals surface area contributed by atoms with Gasteiger partial charge in [-0.1, -0.05) is 78.3 Å². The van der Waals surface area contributed by atoms with Crippen molar-refractivity contribution >= 4 is 34.8 Å². The van der Waals surface area contributed by atoms with E-state index in [1.54, 1.807) is 23.1 Å². The van der Waals surface area contributed by atoms with E-state index >= 15 is 0 Å². The van der Waals surface area contributed by atoms with E-state index in [1.807, 2.05) is 60.7 Å². The largest absolute Gasteiger partial charge is 0.355 e. The molecule has 176 valence electrons. The molecule has 3 aromatic carbocycles. The van der Waals surface area contributed by atoms with Crippen LogP contribution in [-0.4, -0.2) is 20.8 Å². The van der Waals surface area contributed by atoms with Crippen molar-refractivity contribution < 1.29 is 9.72 Å². The number of nitrogens with zero attached hydrogens (tertiary/aromatic N) is 4. The molecule has 0 radical (unpaired) electrons. The molecule has 0 aliphatic carbocycles. The minimum atomic E-state index is -0.563. The van der Waals surface area contributed by atoms with Gasteiger partial charge in [-0.3, -0.25) is 25.8 Å². The molecule has 0 spiro atoms. The van der Waals surface area contributed by atoms with Crippen LogP contribution in [0.4, 0.5) is 17.3 Å². The molecular formula is C25H21ClN6O3. The van der Waals surface area contributed by atoms with Crippen LogP contribution >= 0.6 is 11.6 Å². The molecule has 1 aromatic heterocycles. The molecule has 1 heterocycles. The normalized spacial score (nSPS) is 10.4. The number of nitro groups is 1. The highest BCUT2D eigenvalue weighted by Gasteiger charge is 2.28. The molecule has 0 aliphatic heterocycles. The molecule has 9 nitrogen and oxygen atoms in total. The summed E-state index contributed by atoms with van der Waals surface area (Å²) in [6.07, 6.45) is 1.22. The van der Waals surface area contributed by atoms with Gasteiger partial charge >= 0.3 is 5.69 Å². The molecule has 4 aromatic rings. The Bertz CT molecular complexity index is 1280. The lowest BCUT2D eigenvalue weighted by atomic mass is 10.1. The number of hydrogen-bond donors (Lipinski definition) is 2. The van der Waals surface area contributed by atoms with Gasteiger partial charge in [-0.15, -0.1) is 0 Å². The Morgan fingerprint density at radius 1 is 0.914 bits per heavy atom. The predicted octanol–water partition coefficient (Wildman–Crippen LogP) is 5.00. The fourth-order valence-electron chi connectivity index (χ4n) is 3.49. The highest BCUT2D eigenvalue weighted by molar-refractivity contribution is 6.30. The Labute approximate surface area is 206 Å². The molecule has 0 saturated carbocycles. The van der Waals surface area contributed by atoms with Crippen LogP contribution in [0.3, 0.4) is 0 Å². The van der Waals surface area contributed by atoms with Crippen LogP contribution in [-0.2, 0) is 13.1 Å². The van der Waals surface area contributed by atoms with E-state index in [-0.39, 0.29) is 22.9 Å². The zero-order valence-electron chi connectivity index (χ0n) is 18.5. The van der Waals surface area contributed by atoms with Gasteiger partial charge in [0.05, 0.1) is 4.92 Å². The third-order valence-electron chi connectivity index (χ3n) is 5.10. The highest BCUT2D eigenvalue weighted by Crippen LogP contribution is 2.33. The van der Waals surface area contributed by atoms with Crippen molar-refractivity contribution in [3.8, 4) is 0 Å². The number of benzene rings is 3. The first-order valence-electron chi connectivity index (χ1n) is 10.7. The maximum atomic E-state index is 12.5. The van der Waals surface area contributed by atoms with Gasteiger partial charge in [0, 0.05) is 23.7 Å². The maximum absolute atomic E-state index is 12.5. The van der Waals surface area contributed by atoms with Crippen LogP contribution in [0, 0.1) is 10.1 Å². The number of rotatable bonds is 9. The smallest absolute Gasteiger partial charge is 0.342 e. The summed E-state index contributed by atoms with van der Waals surface area (Å²) in [6.45, 7) is 0.754. The summed E-state index contributed by atoms with van der Waals surface area (Å²) < 4.78 is 0. The molecule has 4 rings (SSSR count). The third kappa shape index (κ3) is 6.10. The molecule has 0 fully saturated rings. The lowest BCUT2D eigenvalue weighted by molar-refractivity contribution is -0.383. The first kappa shape index (κ1) is 23.7. The summed E-state index contributed by atoms with van der Waals surface area (Å²) in [4.78, 5) is 34.1. The second kappa shape index (κ2) is 11.1. The SMILES string of the molecule is O=C(NNc1ncnc(N(Cc2ccccc2)Cc2ccccc2)c1[N+](=O)[O-])c1cccc(Cl)c1. The van der Waals surface area contributed by atoms with E-state index in [9.17, 15) is 14.9 Å². The quantitative estimate of drug-likeness (QED) is 0.251. The number of amides is 1. The first-order chi connectivity index (χ1) is 17.0. The summed E-state index contributed by atoms with van der Waals surface area (Å²) in [5, 5.41) is 12.5. The van der Waals surface area contributed by atoms with Crippen LogP contribution in [0.25, 0.3) is 0 Å². The Morgan fingerprint density at radius 3 is 2.11 bits per heavy atom. The topological polar surface area (TPSA) is 113 Å². The van der Waals surface area contributed by atoms with Crippen LogP contribution < -0.4 is 15.8 Å². The van der Waals surface area contributed by atoms with Crippen molar-refractivity contribution in [3.63, 3.8) is 0 Å². The molecule has 0 aliphatic rings. The van der Waals surface area contributed by atoms with Crippen molar-refractivity contribution in [2.45, 2.75) is 13.1 Å². The number of hydrazine groups is 1. The second-order valence-corrected chi connectivity index (χ2v) is 8.00. The minimum Gasteiger partial charge on any atom is -0.342 e. The molecule has 35 heavy (non-hydrogen) atoms. The van der Waals surface area contributed by atoms with Crippen LogP contribution in [0.1, 0.15) is 21.5 Å². The van der Waals surface area contributed by atoms with Gasteiger partial charge in [0.15, 0.2) is 0 Å². The zero-order chi connectivity index (χ0) is 24.6. The second-order valence-electron chi connectivity index (χ2n) is 7.57. The van der Waals surface area contributed by atoms with Crippen molar-refractivity contribution in [3.05, 3.63) is 123 Å². The predicted molar refractivity (Wildman–Crippen MR) is 134 cm³/mol. The standard InChI is InChI=1S/C25H21ClN6O3/c26-21-13-7-12-20(14-21)25(33)30-29-23-22(32(34)35)24(28-17-27-23)31(15-18-8-3-1-4-9-18)16-19-10-5-2-6-11-19/h1-14,17H,15-16H2,(H,30,33)(H,27,28,29). The van der Waals surface area contributed by atoms with Crippen LogP contribution in [0.5, 0.6) is 0 Å². The number of halogens is 1. The van der Waals surface area contributed by atoms with Crippen molar-refractivity contribution in [2.75, 3.05) is 10.3 Å². The van der Waals surface area contributed by atoms with Crippen LogP contribution in [0.15, 0.2) is 91.3 Å². The molecule has 1 amide bonds. The lowest BCUT2D eigenvalue weighted by Gasteiger charge is -2.24. The van der Waals surface area contributed by atoms with Crippen molar-refractivity contribution in [1.29, 1.82) is 0 Å². The Hall–Kier alpha value is -4.50. The molecule has 0 unspecified atom stereocenters. The monoisotopic (exact) mass is 488 g/mol. The van der Waals surface area contributed by atoms with Gasteiger partial charge in [0.2, 0.25) is 11.6 Å². The summed E-state index contributed by atoms with van der Waals surface area (Å²) >= 11 is 5.95. The number of carbonyl (C=O) groups excluding carboxylic acids is 1. The minimum absolute atomic E-state index is 0.122. The molecule has 10 heteroatoms. The Kier molecular flexibility index (Phi) is 7.49. The van der Waals surface area contributed by atoms with Crippen molar-refractivity contribution in [2.24, 2.45) is 0 Å². The van der Waals surface area contributed by atoms with E-state index in [4.69, 9.17) is 11.6 Å². The van der Waals surface area contributed by atoms with Gasteiger partial charge in [-0.25, -0.2) is 9.97 Å². The highest BCUT2D eigenvalue weighted by atomic mass is 35.5. The van der Waals surface area contributed by atoms with Gasteiger partial charge in [0.1, 0.15) is 6.33 Å². The van der Waals surface area contributed by atoms with E-state index in [2.05, 4.69) is 20.8 Å². The average molecular weight is 489 g/mol. The van der Waals surface area contributed by atoms with Crippen LogP contribution in [0.2, 0.25) is 5.02 Å². The fourth-order valence-corrected chi connectivity index (χ4v) is 3.68. The summed E-state index contributed by atoms with van der Waals surface area (Å²) in [5.41, 5.74) is 6.87. The lowest BCUT2D eigenvalue weighted by Crippen LogP contribution is -2.31. The average Bonchev–Trinajstić information content (AvgIpc) is 2.87. The fraction of sp³-hybridized carbons (Fsp3) is 0.0800. The number of hydrogen-bond acceptors (Lipinski definition) is 7.